The van der Waals surface area contributed by atoms with Crippen LogP contribution in [0.4, 0.5) is 0 Å². The van der Waals surface area contributed by atoms with Crippen LogP contribution >= 0.6 is 0 Å². The molecule has 0 aliphatic carbocycles. The molecule has 2 amide bonds. The fourth-order valence-corrected chi connectivity index (χ4v) is 3.80. The third-order valence-corrected chi connectivity index (χ3v) is 5.65. The van der Waals surface area contributed by atoms with Crippen molar-refractivity contribution in [1.82, 2.24) is 14.7 Å². The second-order valence-electron chi connectivity index (χ2n) is 7.46. The number of carbonyl (C=O) groups is 2. The fourth-order valence-electron chi connectivity index (χ4n) is 3.80. The van der Waals surface area contributed by atoms with Crippen molar-refractivity contribution < 1.29 is 9.59 Å². The Morgan fingerprint density at radius 3 is 2.00 bits per heavy atom. The van der Waals surface area contributed by atoms with E-state index in [0.717, 1.165) is 37.1 Å². The van der Waals surface area contributed by atoms with E-state index in [2.05, 4.69) is 4.90 Å². The van der Waals surface area contributed by atoms with Crippen molar-refractivity contribution in [3.8, 4) is 0 Å². The number of rotatable bonds is 4. The number of nitrogens with zero attached hydrogens (tertiary/aromatic N) is 3. The molecule has 2 N–H and O–H groups in total. The summed E-state index contributed by atoms with van der Waals surface area (Å²) in [5, 5.41) is 0. The van der Waals surface area contributed by atoms with E-state index in [1.165, 1.54) is 0 Å². The van der Waals surface area contributed by atoms with Crippen LogP contribution in [0.3, 0.4) is 0 Å². The molecule has 2 aliphatic heterocycles. The van der Waals surface area contributed by atoms with Gasteiger partial charge < -0.3 is 15.5 Å². The van der Waals surface area contributed by atoms with Crippen LogP contribution in [0.1, 0.15) is 36.9 Å². The topological polar surface area (TPSA) is 69.9 Å². The van der Waals surface area contributed by atoms with E-state index in [4.69, 9.17) is 5.73 Å². The molecule has 2 aliphatic rings. The molecule has 1 aromatic carbocycles. The quantitative estimate of drug-likeness (QED) is 0.877. The smallest absolute Gasteiger partial charge is 0.244 e. The van der Waals surface area contributed by atoms with E-state index < -0.39 is 6.04 Å². The van der Waals surface area contributed by atoms with E-state index >= 15 is 0 Å². The minimum atomic E-state index is -0.620. The summed E-state index contributed by atoms with van der Waals surface area (Å²) in [5.74, 6) is 0.186. The second-order valence-corrected chi connectivity index (χ2v) is 7.46. The van der Waals surface area contributed by atoms with Gasteiger partial charge in [-0.3, -0.25) is 14.5 Å². The lowest BCUT2D eigenvalue weighted by Gasteiger charge is -2.39. The van der Waals surface area contributed by atoms with Gasteiger partial charge >= 0.3 is 0 Å². The molecule has 2 heterocycles. The first-order valence-corrected chi connectivity index (χ1v) is 9.61. The van der Waals surface area contributed by atoms with Gasteiger partial charge in [-0.25, -0.2) is 0 Å². The van der Waals surface area contributed by atoms with Gasteiger partial charge in [-0.15, -0.1) is 0 Å². The summed E-state index contributed by atoms with van der Waals surface area (Å²) in [4.78, 5) is 31.3. The first kappa shape index (κ1) is 18.9. The van der Waals surface area contributed by atoms with E-state index in [9.17, 15) is 9.59 Å². The number of hydrogen-bond acceptors (Lipinski definition) is 4. The summed E-state index contributed by atoms with van der Waals surface area (Å²) in [6.07, 6.45) is 2.22. The zero-order chi connectivity index (χ0) is 18.7. The minimum Gasteiger partial charge on any atom is -0.341 e. The van der Waals surface area contributed by atoms with Gasteiger partial charge in [0.1, 0.15) is 6.04 Å². The highest BCUT2D eigenvalue weighted by Gasteiger charge is 2.32. The van der Waals surface area contributed by atoms with Crippen molar-refractivity contribution in [2.75, 3.05) is 39.3 Å². The van der Waals surface area contributed by atoms with Gasteiger partial charge in [-0.1, -0.05) is 29.8 Å². The van der Waals surface area contributed by atoms with E-state index in [-0.39, 0.29) is 17.9 Å². The number of hydrogen-bond donors (Lipinski definition) is 1. The molecular weight excluding hydrogens is 328 g/mol. The number of benzene rings is 1. The Bertz CT molecular complexity index is 632. The number of aryl methyl sites for hydroxylation is 1. The molecule has 26 heavy (non-hydrogen) atoms. The molecule has 0 spiro atoms. The molecule has 0 radical (unpaired) electrons. The average molecular weight is 358 g/mol. The average Bonchev–Trinajstić information content (AvgIpc) is 3.21. The summed E-state index contributed by atoms with van der Waals surface area (Å²) in [6.45, 7) is 8.43. The van der Waals surface area contributed by atoms with Crippen molar-refractivity contribution in [2.45, 2.75) is 38.8 Å². The standard InChI is InChI=1S/C20H30N4O2/c1-15-5-7-17(8-6-15)18(21)20(26)24-13-11-22(12-14-24)16(2)19(25)23-9-3-4-10-23/h5-8,16,18H,3-4,9-14,21H2,1-2H3. The van der Waals surface area contributed by atoms with Crippen molar-refractivity contribution in [2.24, 2.45) is 5.73 Å². The van der Waals surface area contributed by atoms with Crippen LogP contribution in [-0.2, 0) is 9.59 Å². The maximum absolute atomic E-state index is 12.7. The van der Waals surface area contributed by atoms with E-state index in [0.29, 0.717) is 26.2 Å². The van der Waals surface area contributed by atoms with E-state index in [1.807, 2.05) is 47.9 Å². The molecule has 2 fully saturated rings. The van der Waals surface area contributed by atoms with Gasteiger partial charge in [0, 0.05) is 39.3 Å². The maximum atomic E-state index is 12.7. The highest BCUT2D eigenvalue weighted by atomic mass is 16.2. The summed E-state index contributed by atoms with van der Waals surface area (Å²) in [7, 11) is 0. The third-order valence-electron chi connectivity index (χ3n) is 5.65. The van der Waals surface area contributed by atoms with Crippen molar-refractivity contribution >= 4 is 11.8 Å². The molecular formula is C20H30N4O2. The van der Waals surface area contributed by atoms with Gasteiger partial charge in [0.15, 0.2) is 0 Å². The summed E-state index contributed by atoms with van der Waals surface area (Å²) < 4.78 is 0. The van der Waals surface area contributed by atoms with Gasteiger partial charge in [-0.05, 0) is 32.3 Å². The molecule has 6 heteroatoms. The largest absolute Gasteiger partial charge is 0.341 e. The van der Waals surface area contributed by atoms with Crippen LogP contribution in [0, 0.1) is 6.92 Å². The highest BCUT2D eigenvalue weighted by Crippen LogP contribution is 2.18. The Morgan fingerprint density at radius 2 is 1.42 bits per heavy atom. The fraction of sp³-hybridized carbons (Fsp3) is 0.600. The summed E-state index contributed by atoms with van der Waals surface area (Å²) in [5.41, 5.74) is 8.18. The Morgan fingerprint density at radius 1 is 0.885 bits per heavy atom. The molecule has 0 saturated carbocycles. The van der Waals surface area contributed by atoms with Gasteiger partial charge in [0.05, 0.1) is 6.04 Å². The molecule has 0 aromatic heterocycles. The summed E-state index contributed by atoms with van der Waals surface area (Å²) in [6, 6.07) is 7.07. The normalized spacial score (nSPS) is 20.9. The minimum absolute atomic E-state index is 0.0352. The molecule has 142 valence electrons. The second kappa shape index (κ2) is 8.18. The number of amides is 2. The molecule has 2 atom stereocenters. The Hall–Kier alpha value is -1.92. The molecule has 2 unspecified atom stereocenters. The van der Waals surface area contributed by atoms with E-state index in [1.54, 1.807) is 0 Å². The zero-order valence-electron chi connectivity index (χ0n) is 15.9. The number of carbonyl (C=O) groups excluding carboxylic acids is 2. The van der Waals surface area contributed by atoms with Crippen molar-refractivity contribution in [1.29, 1.82) is 0 Å². The maximum Gasteiger partial charge on any atom is 0.244 e. The zero-order valence-corrected chi connectivity index (χ0v) is 15.9. The van der Waals surface area contributed by atoms with Crippen LogP contribution in [0.25, 0.3) is 0 Å². The summed E-state index contributed by atoms with van der Waals surface area (Å²) >= 11 is 0. The lowest BCUT2D eigenvalue weighted by atomic mass is 10.0. The molecule has 3 rings (SSSR count). The number of nitrogens with two attached hydrogens (primary N) is 1. The van der Waals surface area contributed by atoms with Crippen LogP contribution in [0.15, 0.2) is 24.3 Å². The van der Waals surface area contributed by atoms with Crippen LogP contribution in [0.2, 0.25) is 0 Å². The predicted octanol–water partition coefficient (Wildman–Crippen LogP) is 1.15. The van der Waals surface area contributed by atoms with Crippen LogP contribution in [-0.4, -0.2) is 71.8 Å². The highest BCUT2D eigenvalue weighted by molar-refractivity contribution is 5.83. The van der Waals surface area contributed by atoms with Crippen LogP contribution in [0.5, 0.6) is 0 Å². The first-order valence-electron chi connectivity index (χ1n) is 9.61. The lowest BCUT2D eigenvalue weighted by Crippen LogP contribution is -2.56. The van der Waals surface area contributed by atoms with Gasteiger partial charge in [0.25, 0.3) is 0 Å². The Kier molecular flexibility index (Phi) is 5.94. The van der Waals surface area contributed by atoms with Crippen LogP contribution < -0.4 is 5.73 Å². The Labute approximate surface area is 155 Å². The molecule has 1 aromatic rings. The van der Waals surface area contributed by atoms with Crippen molar-refractivity contribution in [3.63, 3.8) is 0 Å². The predicted molar refractivity (Wildman–Crippen MR) is 102 cm³/mol. The van der Waals surface area contributed by atoms with Gasteiger partial charge in [-0.2, -0.15) is 0 Å². The molecule has 2 saturated heterocycles. The molecule has 6 nitrogen and oxygen atoms in total. The Balaban J connectivity index is 1.53. The number of piperazine rings is 1. The monoisotopic (exact) mass is 358 g/mol. The number of likely N-dealkylation sites (tertiary alicyclic amines) is 1. The lowest BCUT2D eigenvalue weighted by molar-refractivity contribution is -0.138. The molecule has 0 bridgehead atoms. The first-order chi connectivity index (χ1) is 12.5. The van der Waals surface area contributed by atoms with Gasteiger partial charge in [0.2, 0.25) is 11.8 Å². The van der Waals surface area contributed by atoms with Crippen molar-refractivity contribution in [3.05, 3.63) is 35.4 Å². The third kappa shape index (κ3) is 4.07. The SMILES string of the molecule is Cc1ccc(C(N)C(=O)N2CCN(C(C)C(=O)N3CCCC3)CC2)cc1.